The number of piperidine rings is 1. The lowest BCUT2D eigenvalue weighted by Gasteiger charge is -2.20. The van der Waals surface area contributed by atoms with Gasteiger partial charge in [-0.2, -0.15) is 0 Å². The minimum Gasteiger partial charge on any atom is -0.431 e. The van der Waals surface area contributed by atoms with E-state index in [2.05, 4.69) is 10.3 Å². The normalized spacial score (nSPS) is 19.7. The van der Waals surface area contributed by atoms with Crippen LogP contribution >= 0.6 is 11.8 Å². The summed E-state index contributed by atoms with van der Waals surface area (Å²) in [7, 11) is 0. The lowest BCUT2D eigenvalue weighted by atomic mass is 10.2. The summed E-state index contributed by atoms with van der Waals surface area (Å²) in [4.78, 5) is 14.6. The first-order valence-corrected chi connectivity index (χ1v) is 7.03. The Kier molecular flexibility index (Phi) is 3.39. The van der Waals surface area contributed by atoms with Crippen molar-refractivity contribution in [3.63, 3.8) is 0 Å². The zero-order valence-electron chi connectivity index (χ0n) is 10.2. The monoisotopic (exact) mass is 279 g/mol. The molecule has 1 aliphatic heterocycles. The van der Waals surface area contributed by atoms with Crippen LogP contribution in [0.1, 0.15) is 12.8 Å². The molecule has 0 amide bonds. The molecule has 1 N–H and O–H groups in total. The molecule has 1 atom stereocenters. The number of oxazole rings is 1. The van der Waals surface area contributed by atoms with E-state index in [1.807, 2.05) is 0 Å². The second-order valence-electron chi connectivity index (χ2n) is 4.48. The Morgan fingerprint density at radius 1 is 1.53 bits per heavy atom. The molecule has 100 valence electrons. The number of non-ortho nitro benzene ring substituents is 1. The molecule has 1 fully saturated rings. The largest absolute Gasteiger partial charge is 0.431 e. The van der Waals surface area contributed by atoms with Gasteiger partial charge in [-0.25, -0.2) is 4.98 Å². The molecule has 0 radical (unpaired) electrons. The number of rotatable bonds is 3. The van der Waals surface area contributed by atoms with Gasteiger partial charge in [0.1, 0.15) is 5.52 Å². The Balaban J connectivity index is 1.82. The molecule has 3 rings (SSSR count). The third kappa shape index (κ3) is 2.71. The van der Waals surface area contributed by atoms with Crippen molar-refractivity contribution in [2.24, 2.45) is 0 Å². The van der Waals surface area contributed by atoms with E-state index in [1.165, 1.54) is 12.1 Å². The predicted octanol–water partition coefficient (Wildman–Crippen LogP) is 2.58. The first-order valence-electron chi connectivity index (χ1n) is 6.15. The number of thioether (sulfide) groups is 1. The van der Waals surface area contributed by atoms with Gasteiger partial charge >= 0.3 is 0 Å². The molecular formula is C12H13N3O3S. The summed E-state index contributed by atoms with van der Waals surface area (Å²) in [5.41, 5.74) is 1.18. The van der Waals surface area contributed by atoms with E-state index in [0.717, 1.165) is 25.9 Å². The molecule has 1 aromatic heterocycles. The highest BCUT2D eigenvalue weighted by Gasteiger charge is 2.18. The zero-order valence-corrected chi connectivity index (χ0v) is 11.0. The maximum absolute atomic E-state index is 10.7. The van der Waals surface area contributed by atoms with E-state index >= 15 is 0 Å². The fourth-order valence-corrected chi connectivity index (χ4v) is 3.18. The van der Waals surface area contributed by atoms with E-state index in [1.54, 1.807) is 17.8 Å². The third-order valence-corrected chi connectivity index (χ3v) is 4.19. The summed E-state index contributed by atoms with van der Waals surface area (Å²) in [5.74, 6) is 0. The molecule has 0 spiro atoms. The predicted molar refractivity (Wildman–Crippen MR) is 72.4 cm³/mol. The van der Waals surface area contributed by atoms with Crippen molar-refractivity contribution in [2.75, 3.05) is 13.1 Å². The van der Waals surface area contributed by atoms with Crippen LogP contribution in [0.5, 0.6) is 0 Å². The van der Waals surface area contributed by atoms with Crippen LogP contribution in [0, 0.1) is 10.1 Å². The van der Waals surface area contributed by atoms with Crippen molar-refractivity contribution < 1.29 is 9.34 Å². The Morgan fingerprint density at radius 2 is 2.42 bits per heavy atom. The summed E-state index contributed by atoms with van der Waals surface area (Å²) in [6, 6.07) is 4.48. The highest BCUT2D eigenvalue weighted by molar-refractivity contribution is 7.99. The van der Waals surface area contributed by atoms with Gasteiger partial charge in [0.25, 0.3) is 10.9 Å². The first-order chi connectivity index (χ1) is 9.22. The maximum atomic E-state index is 10.7. The summed E-state index contributed by atoms with van der Waals surface area (Å²) < 4.78 is 5.61. The summed E-state index contributed by atoms with van der Waals surface area (Å²) >= 11 is 1.59. The zero-order chi connectivity index (χ0) is 13.2. The molecule has 1 saturated heterocycles. The Hall–Kier alpha value is -1.60. The van der Waals surface area contributed by atoms with Crippen LogP contribution in [0.25, 0.3) is 11.1 Å². The fraction of sp³-hybridized carbons (Fsp3) is 0.417. The van der Waals surface area contributed by atoms with Gasteiger partial charge in [0.2, 0.25) is 0 Å². The number of nitro groups is 1. The molecule has 19 heavy (non-hydrogen) atoms. The Labute approximate surface area is 113 Å². The van der Waals surface area contributed by atoms with Gasteiger partial charge in [-0.1, -0.05) is 11.8 Å². The van der Waals surface area contributed by atoms with Crippen LogP contribution in [0.4, 0.5) is 5.69 Å². The number of benzene rings is 1. The van der Waals surface area contributed by atoms with Gasteiger partial charge in [-0.3, -0.25) is 10.1 Å². The van der Waals surface area contributed by atoms with Gasteiger partial charge in [0.05, 0.1) is 4.92 Å². The third-order valence-electron chi connectivity index (χ3n) is 3.08. The SMILES string of the molecule is O=[N+]([O-])c1ccc2oc(SC3CCCNC3)nc2c1. The van der Waals surface area contributed by atoms with Crippen molar-refractivity contribution in [2.45, 2.75) is 23.3 Å². The van der Waals surface area contributed by atoms with Crippen LogP contribution < -0.4 is 5.32 Å². The molecule has 0 bridgehead atoms. The number of fused-ring (bicyclic) bond motifs is 1. The molecule has 2 heterocycles. The number of aromatic nitrogens is 1. The van der Waals surface area contributed by atoms with Gasteiger partial charge in [0.15, 0.2) is 5.58 Å². The lowest BCUT2D eigenvalue weighted by Crippen LogP contribution is -2.31. The van der Waals surface area contributed by atoms with Crippen LogP contribution in [0.2, 0.25) is 0 Å². The van der Waals surface area contributed by atoms with Crippen molar-refractivity contribution >= 4 is 28.5 Å². The van der Waals surface area contributed by atoms with E-state index < -0.39 is 4.92 Å². The quantitative estimate of drug-likeness (QED) is 0.687. The summed E-state index contributed by atoms with van der Waals surface area (Å²) in [5, 5.41) is 15.1. The average Bonchev–Trinajstić information content (AvgIpc) is 2.80. The maximum Gasteiger partial charge on any atom is 0.271 e. The van der Waals surface area contributed by atoms with Crippen LogP contribution in [0.15, 0.2) is 27.8 Å². The summed E-state index contributed by atoms with van der Waals surface area (Å²) in [6.07, 6.45) is 2.29. The second kappa shape index (κ2) is 5.18. The highest BCUT2D eigenvalue weighted by atomic mass is 32.2. The Morgan fingerprint density at radius 3 is 3.16 bits per heavy atom. The number of hydrogen-bond acceptors (Lipinski definition) is 6. The number of nitro benzene ring substituents is 1. The molecule has 6 nitrogen and oxygen atoms in total. The molecular weight excluding hydrogens is 266 g/mol. The van der Waals surface area contributed by atoms with E-state index in [9.17, 15) is 10.1 Å². The number of hydrogen-bond donors (Lipinski definition) is 1. The standard InChI is InChI=1S/C12H13N3O3S/c16-15(17)8-3-4-11-10(6-8)14-12(18-11)19-9-2-1-5-13-7-9/h3-4,6,9,13H,1-2,5,7H2. The van der Waals surface area contributed by atoms with Crippen molar-refractivity contribution in [1.82, 2.24) is 10.3 Å². The Bertz CT molecular complexity index is 607. The van der Waals surface area contributed by atoms with Crippen molar-refractivity contribution in [3.8, 4) is 0 Å². The van der Waals surface area contributed by atoms with Gasteiger partial charge < -0.3 is 9.73 Å². The average molecular weight is 279 g/mol. The van der Waals surface area contributed by atoms with Crippen LogP contribution in [-0.2, 0) is 0 Å². The smallest absolute Gasteiger partial charge is 0.271 e. The molecule has 2 aromatic rings. The lowest BCUT2D eigenvalue weighted by molar-refractivity contribution is -0.384. The topological polar surface area (TPSA) is 81.2 Å². The molecule has 1 aromatic carbocycles. The molecule has 1 unspecified atom stereocenters. The van der Waals surface area contributed by atoms with E-state index in [4.69, 9.17) is 4.42 Å². The van der Waals surface area contributed by atoms with Gasteiger partial charge in [-0.05, 0) is 25.5 Å². The molecule has 0 saturated carbocycles. The van der Waals surface area contributed by atoms with Crippen molar-refractivity contribution in [3.05, 3.63) is 28.3 Å². The van der Waals surface area contributed by atoms with Crippen LogP contribution in [0.3, 0.4) is 0 Å². The molecule has 7 heteroatoms. The van der Waals surface area contributed by atoms with Gasteiger partial charge in [-0.15, -0.1) is 0 Å². The van der Waals surface area contributed by atoms with E-state index in [0.29, 0.717) is 21.6 Å². The minimum absolute atomic E-state index is 0.0386. The van der Waals surface area contributed by atoms with Crippen LogP contribution in [-0.4, -0.2) is 28.2 Å². The fourth-order valence-electron chi connectivity index (χ4n) is 2.12. The van der Waals surface area contributed by atoms with Gasteiger partial charge in [0, 0.05) is 23.9 Å². The first kappa shape index (κ1) is 12.4. The van der Waals surface area contributed by atoms with E-state index in [-0.39, 0.29) is 5.69 Å². The minimum atomic E-state index is -0.425. The molecule has 0 aliphatic carbocycles. The summed E-state index contributed by atoms with van der Waals surface area (Å²) in [6.45, 7) is 2.01. The number of nitrogens with one attached hydrogen (secondary N) is 1. The molecule has 1 aliphatic rings. The van der Waals surface area contributed by atoms with Crippen molar-refractivity contribution in [1.29, 1.82) is 0 Å². The number of nitrogens with zero attached hydrogens (tertiary/aromatic N) is 2. The second-order valence-corrected chi connectivity index (χ2v) is 5.73. The highest BCUT2D eigenvalue weighted by Crippen LogP contribution is 2.30.